The number of rotatable bonds is 5. The Morgan fingerprint density at radius 3 is 2.42 bits per heavy atom. The minimum atomic E-state index is -0.0419. The van der Waals surface area contributed by atoms with Crippen molar-refractivity contribution in [2.24, 2.45) is 0 Å². The largest absolute Gasteiger partial charge is 0.493 e. The van der Waals surface area contributed by atoms with E-state index in [1.165, 1.54) is 5.56 Å². The molecule has 1 heterocycles. The molecule has 0 unspecified atom stereocenters. The molecule has 26 heavy (non-hydrogen) atoms. The Bertz CT molecular complexity index is 822. The van der Waals surface area contributed by atoms with E-state index in [-0.39, 0.29) is 12.5 Å². The molecule has 1 aliphatic heterocycles. The Balaban J connectivity index is 1.67. The van der Waals surface area contributed by atoms with Crippen molar-refractivity contribution < 1.29 is 19.0 Å². The van der Waals surface area contributed by atoms with Gasteiger partial charge in [-0.2, -0.15) is 0 Å². The Morgan fingerprint density at radius 2 is 1.77 bits per heavy atom. The van der Waals surface area contributed by atoms with Crippen LogP contribution in [0.5, 0.6) is 17.2 Å². The molecular weight excluding hydrogens is 354 g/mol. The lowest BCUT2D eigenvalue weighted by Gasteiger charge is -2.29. The van der Waals surface area contributed by atoms with Crippen LogP contribution in [-0.4, -0.2) is 38.2 Å². The van der Waals surface area contributed by atoms with E-state index >= 15 is 0 Å². The Morgan fingerprint density at radius 1 is 1.08 bits per heavy atom. The number of benzene rings is 2. The number of fused-ring (bicyclic) bond motifs is 1. The van der Waals surface area contributed by atoms with E-state index in [0.717, 1.165) is 17.5 Å². The molecule has 0 atom stereocenters. The number of hydrogen-bond acceptors (Lipinski definition) is 4. The first-order valence-electron chi connectivity index (χ1n) is 8.42. The van der Waals surface area contributed by atoms with E-state index < -0.39 is 0 Å². The van der Waals surface area contributed by atoms with Crippen molar-refractivity contribution in [2.45, 2.75) is 19.9 Å². The average molecular weight is 376 g/mol. The van der Waals surface area contributed by atoms with E-state index in [1.54, 1.807) is 31.3 Å². The van der Waals surface area contributed by atoms with E-state index in [4.69, 9.17) is 25.8 Å². The number of carbonyl (C=O) groups is 1. The molecule has 138 valence electrons. The molecule has 1 aliphatic rings. The summed E-state index contributed by atoms with van der Waals surface area (Å²) in [4.78, 5) is 14.4. The quantitative estimate of drug-likeness (QED) is 0.800. The van der Waals surface area contributed by atoms with Gasteiger partial charge in [0, 0.05) is 18.1 Å². The second kappa shape index (κ2) is 7.87. The van der Waals surface area contributed by atoms with Gasteiger partial charge in [0.2, 0.25) is 0 Å². The van der Waals surface area contributed by atoms with Crippen molar-refractivity contribution in [3.8, 4) is 17.2 Å². The molecule has 6 heteroatoms. The predicted molar refractivity (Wildman–Crippen MR) is 100 cm³/mol. The van der Waals surface area contributed by atoms with Crippen LogP contribution < -0.4 is 14.2 Å². The first-order valence-corrected chi connectivity index (χ1v) is 8.80. The van der Waals surface area contributed by atoms with Gasteiger partial charge < -0.3 is 19.1 Å². The number of nitrogens with zero attached hydrogens (tertiary/aromatic N) is 1. The van der Waals surface area contributed by atoms with Crippen molar-refractivity contribution in [1.82, 2.24) is 4.90 Å². The molecule has 2 aromatic rings. The zero-order valence-electron chi connectivity index (χ0n) is 15.2. The standard InChI is InChI=1S/C20H22ClNO4/c1-13-8-16(21)4-5-17(13)26-12-20(23)22-7-6-14-9-18(24-2)19(25-3)10-15(14)11-22/h4-5,8-10H,6-7,11-12H2,1-3H3. The van der Waals surface area contributed by atoms with Crippen LogP contribution in [0.25, 0.3) is 0 Å². The monoisotopic (exact) mass is 375 g/mol. The van der Waals surface area contributed by atoms with Crippen LogP contribution in [0.1, 0.15) is 16.7 Å². The maximum absolute atomic E-state index is 12.6. The smallest absolute Gasteiger partial charge is 0.260 e. The highest BCUT2D eigenvalue weighted by Gasteiger charge is 2.23. The predicted octanol–water partition coefficient (Wildman–Crippen LogP) is 3.63. The van der Waals surface area contributed by atoms with Gasteiger partial charge in [0.1, 0.15) is 5.75 Å². The number of halogens is 1. The maximum Gasteiger partial charge on any atom is 0.260 e. The molecule has 0 N–H and O–H groups in total. The highest BCUT2D eigenvalue weighted by Crippen LogP contribution is 2.33. The first kappa shape index (κ1) is 18.4. The normalized spacial score (nSPS) is 13.2. The lowest BCUT2D eigenvalue weighted by molar-refractivity contribution is -0.134. The van der Waals surface area contributed by atoms with Gasteiger partial charge in [-0.1, -0.05) is 11.6 Å². The zero-order chi connectivity index (χ0) is 18.7. The third-order valence-corrected chi connectivity index (χ3v) is 4.79. The number of aryl methyl sites for hydroxylation is 1. The summed E-state index contributed by atoms with van der Waals surface area (Å²) >= 11 is 5.95. The zero-order valence-corrected chi connectivity index (χ0v) is 15.9. The van der Waals surface area contributed by atoms with Gasteiger partial charge in [-0.25, -0.2) is 0 Å². The molecule has 0 saturated heterocycles. The molecule has 0 fully saturated rings. The molecule has 0 saturated carbocycles. The SMILES string of the molecule is COc1cc2c(cc1OC)CN(C(=O)COc1ccc(Cl)cc1C)CC2. The van der Waals surface area contributed by atoms with Crippen LogP contribution in [0.2, 0.25) is 5.02 Å². The fourth-order valence-corrected chi connectivity index (χ4v) is 3.33. The third kappa shape index (κ3) is 3.88. The van der Waals surface area contributed by atoms with Gasteiger partial charge >= 0.3 is 0 Å². The molecule has 1 amide bonds. The van der Waals surface area contributed by atoms with Crippen molar-refractivity contribution >= 4 is 17.5 Å². The summed E-state index contributed by atoms with van der Waals surface area (Å²) in [6.07, 6.45) is 0.779. The molecule has 3 rings (SSSR count). The molecular formula is C20H22ClNO4. The van der Waals surface area contributed by atoms with Crippen molar-refractivity contribution in [3.05, 3.63) is 52.0 Å². The van der Waals surface area contributed by atoms with Gasteiger partial charge in [-0.05, 0) is 60.4 Å². The summed E-state index contributed by atoms with van der Waals surface area (Å²) in [6.45, 7) is 3.11. The average Bonchev–Trinajstić information content (AvgIpc) is 2.65. The van der Waals surface area contributed by atoms with Gasteiger partial charge in [-0.15, -0.1) is 0 Å². The number of carbonyl (C=O) groups excluding carboxylic acids is 1. The molecule has 2 aromatic carbocycles. The number of hydrogen-bond donors (Lipinski definition) is 0. The van der Waals surface area contributed by atoms with Crippen LogP contribution in [0.4, 0.5) is 0 Å². The highest BCUT2D eigenvalue weighted by molar-refractivity contribution is 6.30. The second-order valence-corrected chi connectivity index (χ2v) is 6.68. The van der Waals surface area contributed by atoms with Crippen LogP contribution >= 0.6 is 11.6 Å². The minimum Gasteiger partial charge on any atom is -0.493 e. The summed E-state index contributed by atoms with van der Waals surface area (Å²) < 4.78 is 16.4. The van der Waals surface area contributed by atoms with Gasteiger partial charge in [0.25, 0.3) is 5.91 Å². The summed E-state index contributed by atoms with van der Waals surface area (Å²) in [6, 6.07) is 9.29. The van der Waals surface area contributed by atoms with Crippen LogP contribution in [0, 0.1) is 6.92 Å². The summed E-state index contributed by atoms with van der Waals surface area (Å²) in [7, 11) is 3.23. The lowest BCUT2D eigenvalue weighted by Crippen LogP contribution is -2.38. The number of methoxy groups -OCH3 is 2. The van der Waals surface area contributed by atoms with Gasteiger partial charge in [-0.3, -0.25) is 4.79 Å². The van der Waals surface area contributed by atoms with E-state index in [0.29, 0.717) is 35.4 Å². The molecule has 0 bridgehead atoms. The van der Waals surface area contributed by atoms with E-state index in [2.05, 4.69) is 0 Å². The molecule has 0 aliphatic carbocycles. The molecule has 0 radical (unpaired) electrons. The van der Waals surface area contributed by atoms with Crippen LogP contribution in [0.15, 0.2) is 30.3 Å². The van der Waals surface area contributed by atoms with E-state index in [1.807, 2.05) is 25.1 Å². The van der Waals surface area contributed by atoms with Crippen LogP contribution in [-0.2, 0) is 17.8 Å². The Hall–Kier alpha value is -2.40. The second-order valence-electron chi connectivity index (χ2n) is 6.24. The van der Waals surface area contributed by atoms with E-state index in [9.17, 15) is 4.79 Å². The number of ether oxygens (including phenoxy) is 3. The highest BCUT2D eigenvalue weighted by atomic mass is 35.5. The minimum absolute atomic E-state index is 0.00505. The van der Waals surface area contributed by atoms with Crippen molar-refractivity contribution in [1.29, 1.82) is 0 Å². The molecule has 0 spiro atoms. The summed E-state index contributed by atoms with van der Waals surface area (Å²) in [5, 5.41) is 0.651. The summed E-state index contributed by atoms with van der Waals surface area (Å²) in [5.74, 6) is 2.02. The molecule has 5 nitrogen and oxygen atoms in total. The molecule has 0 aromatic heterocycles. The third-order valence-electron chi connectivity index (χ3n) is 4.56. The van der Waals surface area contributed by atoms with Crippen molar-refractivity contribution in [3.63, 3.8) is 0 Å². The van der Waals surface area contributed by atoms with Gasteiger partial charge in [0.05, 0.1) is 14.2 Å². The van der Waals surface area contributed by atoms with Crippen molar-refractivity contribution in [2.75, 3.05) is 27.4 Å². The fraction of sp³-hybridized carbons (Fsp3) is 0.350. The fourth-order valence-electron chi connectivity index (χ4n) is 3.10. The topological polar surface area (TPSA) is 48.0 Å². The summed E-state index contributed by atoms with van der Waals surface area (Å²) in [5.41, 5.74) is 3.16. The first-order chi connectivity index (χ1) is 12.5. The Labute approximate surface area is 158 Å². The van der Waals surface area contributed by atoms with Crippen LogP contribution in [0.3, 0.4) is 0 Å². The number of amides is 1. The maximum atomic E-state index is 12.6. The van der Waals surface area contributed by atoms with Gasteiger partial charge in [0.15, 0.2) is 18.1 Å². The lowest BCUT2D eigenvalue weighted by atomic mass is 9.99. The Kier molecular flexibility index (Phi) is 5.57.